The first-order valence-electron chi connectivity index (χ1n) is 7.98. The summed E-state index contributed by atoms with van der Waals surface area (Å²) < 4.78 is 0. The summed E-state index contributed by atoms with van der Waals surface area (Å²) in [6.07, 6.45) is 4.13. The van der Waals surface area contributed by atoms with E-state index in [2.05, 4.69) is 69.0 Å². The highest BCUT2D eigenvalue weighted by Crippen LogP contribution is 2.35. The number of rotatable bonds is 4. The van der Waals surface area contributed by atoms with E-state index in [4.69, 9.17) is 0 Å². The molecule has 1 nitrogen and oxygen atoms in total. The molecule has 0 saturated carbocycles. The molecule has 2 heteroatoms. The summed E-state index contributed by atoms with van der Waals surface area (Å²) in [6, 6.07) is 9.81. The van der Waals surface area contributed by atoms with Crippen molar-refractivity contribution in [2.24, 2.45) is 0 Å². The Morgan fingerprint density at radius 1 is 1.20 bits per heavy atom. The van der Waals surface area contributed by atoms with Crippen LogP contribution in [0.2, 0.25) is 0 Å². The fraction of sp³-hybridized carbons (Fsp3) is 0.667. The van der Waals surface area contributed by atoms with Crippen molar-refractivity contribution in [1.29, 1.82) is 0 Å². The third-order valence-electron chi connectivity index (χ3n) is 4.15. The van der Waals surface area contributed by atoms with Gasteiger partial charge in [0.15, 0.2) is 0 Å². The van der Waals surface area contributed by atoms with Crippen LogP contribution in [0.3, 0.4) is 0 Å². The average Bonchev–Trinajstić information content (AvgIpc) is 2.45. The molecule has 0 aromatic heterocycles. The van der Waals surface area contributed by atoms with E-state index in [-0.39, 0.29) is 5.41 Å². The molecule has 2 unspecified atom stereocenters. The van der Waals surface area contributed by atoms with Gasteiger partial charge >= 0.3 is 0 Å². The van der Waals surface area contributed by atoms with Gasteiger partial charge in [-0.25, -0.2) is 0 Å². The highest BCUT2D eigenvalue weighted by molar-refractivity contribution is 8.00. The van der Waals surface area contributed by atoms with Gasteiger partial charge in [0, 0.05) is 11.3 Å². The average molecular weight is 292 g/mol. The Kier molecular flexibility index (Phi) is 5.57. The van der Waals surface area contributed by atoms with Gasteiger partial charge in [0.1, 0.15) is 0 Å². The molecule has 1 aromatic carbocycles. The first kappa shape index (κ1) is 15.9. The van der Waals surface area contributed by atoms with Crippen molar-refractivity contribution < 1.29 is 0 Å². The molecule has 1 fully saturated rings. The number of hydrogen-bond donors (Lipinski definition) is 1. The van der Waals surface area contributed by atoms with Crippen LogP contribution in [0.25, 0.3) is 0 Å². The van der Waals surface area contributed by atoms with E-state index in [1.54, 1.807) is 0 Å². The maximum Gasteiger partial charge on any atom is 0.0440 e. The lowest BCUT2D eigenvalue weighted by atomic mass is 9.86. The van der Waals surface area contributed by atoms with Gasteiger partial charge in [-0.3, -0.25) is 0 Å². The minimum atomic E-state index is 0.242. The zero-order chi connectivity index (χ0) is 14.6. The van der Waals surface area contributed by atoms with Gasteiger partial charge in [-0.05, 0) is 41.7 Å². The van der Waals surface area contributed by atoms with Gasteiger partial charge < -0.3 is 5.32 Å². The molecule has 2 rings (SSSR count). The van der Waals surface area contributed by atoms with E-state index >= 15 is 0 Å². The first-order chi connectivity index (χ1) is 9.52. The van der Waals surface area contributed by atoms with Crippen LogP contribution < -0.4 is 5.32 Å². The van der Waals surface area contributed by atoms with Gasteiger partial charge in [0.2, 0.25) is 0 Å². The smallest absolute Gasteiger partial charge is 0.0440 e. The van der Waals surface area contributed by atoms with Crippen molar-refractivity contribution in [1.82, 2.24) is 5.32 Å². The van der Waals surface area contributed by atoms with Crippen molar-refractivity contribution in [3.05, 3.63) is 35.4 Å². The lowest BCUT2D eigenvalue weighted by molar-refractivity contribution is 0.491. The predicted octanol–water partition coefficient (Wildman–Crippen LogP) is 4.92. The van der Waals surface area contributed by atoms with Gasteiger partial charge in [-0.15, -0.1) is 0 Å². The Labute approximate surface area is 128 Å². The molecule has 1 aliphatic heterocycles. The van der Waals surface area contributed by atoms with Crippen LogP contribution in [0.1, 0.15) is 64.1 Å². The van der Waals surface area contributed by atoms with Crippen LogP contribution in [0.15, 0.2) is 24.3 Å². The molecular formula is C18H29NS. The van der Waals surface area contributed by atoms with E-state index in [1.807, 2.05) is 0 Å². The van der Waals surface area contributed by atoms with E-state index in [0.717, 1.165) is 11.8 Å². The highest BCUT2D eigenvalue weighted by Gasteiger charge is 2.25. The molecule has 0 spiro atoms. The molecule has 0 bridgehead atoms. The van der Waals surface area contributed by atoms with Crippen molar-refractivity contribution in [2.45, 2.75) is 63.7 Å². The maximum atomic E-state index is 3.71. The number of hydrogen-bond acceptors (Lipinski definition) is 2. The second-order valence-electron chi connectivity index (χ2n) is 6.81. The van der Waals surface area contributed by atoms with Crippen LogP contribution in [0, 0.1) is 0 Å². The SMILES string of the molecule is CCNC(c1ccc(C(C)(C)C)cc1)C1CCCCS1. The zero-order valence-corrected chi connectivity index (χ0v) is 14.2. The number of benzene rings is 1. The summed E-state index contributed by atoms with van der Waals surface area (Å²) in [5.74, 6) is 1.33. The van der Waals surface area contributed by atoms with Gasteiger partial charge in [-0.1, -0.05) is 58.4 Å². The van der Waals surface area contributed by atoms with Crippen molar-refractivity contribution >= 4 is 11.8 Å². The fourth-order valence-corrected chi connectivity index (χ4v) is 4.36. The summed E-state index contributed by atoms with van der Waals surface area (Å²) in [6.45, 7) is 10.1. The minimum absolute atomic E-state index is 0.242. The summed E-state index contributed by atoms with van der Waals surface area (Å²) in [4.78, 5) is 0. The predicted molar refractivity (Wildman–Crippen MR) is 91.7 cm³/mol. The molecule has 1 aromatic rings. The first-order valence-corrected chi connectivity index (χ1v) is 9.02. The molecule has 1 heterocycles. The third kappa shape index (κ3) is 4.02. The molecule has 112 valence electrons. The molecule has 2 atom stereocenters. The normalized spacial score (nSPS) is 21.7. The van der Waals surface area contributed by atoms with Crippen molar-refractivity contribution in [3.63, 3.8) is 0 Å². The molecular weight excluding hydrogens is 262 g/mol. The standard InChI is InChI=1S/C18H29NS/c1-5-19-17(16-8-6-7-13-20-16)14-9-11-15(12-10-14)18(2,3)4/h9-12,16-17,19H,5-8,13H2,1-4H3. The van der Waals surface area contributed by atoms with E-state index in [0.29, 0.717) is 6.04 Å². The van der Waals surface area contributed by atoms with Gasteiger partial charge in [-0.2, -0.15) is 11.8 Å². The monoisotopic (exact) mass is 291 g/mol. The van der Waals surface area contributed by atoms with Crippen molar-refractivity contribution in [3.8, 4) is 0 Å². The minimum Gasteiger partial charge on any atom is -0.309 e. The Balaban J connectivity index is 2.16. The molecule has 1 aliphatic rings. The largest absolute Gasteiger partial charge is 0.309 e. The summed E-state index contributed by atoms with van der Waals surface area (Å²) >= 11 is 2.15. The molecule has 20 heavy (non-hydrogen) atoms. The maximum absolute atomic E-state index is 3.71. The Morgan fingerprint density at radius 2 is 1.90 bits per heavy atom. The number of nitrogens with one attached hydrogen (secondary N) is 1. The van der Waals surface area contributed by atoms with E-state index < -0.39 is 0 Å². The molecule has 1 N–H and O–H groups in total. The summed E-state index contributed by atoms with van der Waals surface area (Å²) in [5.41, 5.74) is 3.12. The van der Waals surface area contributed by atoms with E-state index in [9.17, 15) is 0 Å². The summed E-state index contributed by atoms with van der Waals surface area (Å²) in [7, 11) is 0. The van der Waals surface area contributed by atoms with E-state index in [1.165, 1.54) is 36.1 Å². The zero-order valence-electron chi connectivity index (χ0n) is 13.4. The van der Waals surface area contributed by atoms with Crippen LogP contribution in [-0.2, 0) is 5.41 Å². The fourth-order valence-electron chi connectivity index (χ4n) is 2.90. The molecule has 1 saturated heterocycles. The quantitative estimate of drug-likeness (QED) is 0.845. The van der Waals surface area contributed by atoms with Crippen LogP contribution in [0.5, 0.6) is 0 Å². The Morgan fingerprint density at radius 3 is 2.40 bits per heavy atom. The lowest BCUT2D eigenvalue weighted by Gasteiger charge is -2.31. The summed E-state index contributed by atoms with van der Waals surface area (Å²) in [5, 5.41) is 4.45. The topological polar surface area (TPSA) is 12.0 Å². The second kappa shape index (κ2) is 7.00. The van der Waals surface area contributed by atoms with Crippen molar-refractivity contribution in [2.75, 3.05) is 12.3 Å². The number of thioether (sulfide) groups is 1. The molecule has 0 amide bonds. The van der Waals surface area contributed by atoms with Gasteiger partial charge in [0.25, 0.3) is 0 Å². The third-order valence-corrected chi connectivity index (χ3v) is 5.61. The second-order valence-corrected chi connectivity index (χ2v) is 8.16. The Hall–Kier alpha value is -0.470. The van der Waals surface area contributed by atoms with Gasteiger partial charge in [0.05, 0.1) is 0 Å². The van der Waals surface area contributed by atoms with Crippen LogP contribution in [-0.4, -0.2) is 17.5 Å². The van der Waals surface area contributed by atoms with Crippen LogP contribution >= 0.6 is 11.8 Å². The molecule has 0 aliphatic carbocycles. The highest BCUT2D eigenvalue weighted by atomic mass is 32.2. The molecule has 0 radical (unpaired) electrons. The lowest BCUT2D eigenvalue weighted by Crippen LogP contribution is -2.31. The Bertz CT molecular complexity index is 398. The van der Waals surface area contributed by atoms with Crippen LogP contribution in [0.4, 0.5) is 0 Å².